The number of nitrogens with zero attached hydrogens (tertiary/aromatic N) is 4. The minimum absolute atomic E-state index is 0.132. The number of hydrogen-bond donors (Lipinski definition) is 0. The highest BCUT2D eigenvalue weighted by Gasteiger charge is 2.33. The number of anilines is 1. The van der Waals surface area contributed by atoms with E-state index < -0.39 is 18.0 Å². The molecule has 1 aromatic carbocycles. The van der Waals surface area contributed by atoms with Crippen molar-refractivity contribution >= 4 is 11.9 Å². The van der Waals surface area contributed by atoms with Gasteiger partial charge >= 0.3 is 6.36 Å². The van der Waals surface area contributed by atoms with Gasteiger partial charge in [-0.1, -0.05) is 12.1 Å². The molecule has 152 valence electrons. The van der Waals surface area contributed by atoms with Gasteiger partial charge in [0.25, 0.3) is 5.91 Å². The van der Waals surface area contributed by atoms with Crippen LogP contribution in [0.15, 0.2) is 30.3 Å². The Balaban J connectivity index is 2.12. The third-order valence-electron chi connectivity index (χ3n) is 4.03. The van der Waals surface area contributed by atoms with Crippen molar-refractivity contribution in [2.45, 2.75) is 27.1 Å². The van der Waals surface area contributed by atoms with Gasteiger partial charge in [-0.2, -0.15) is 0 Å². The Kier molecular flexibility index (Phi) is 6.82. The summed E-state index contributed by atoms with van der Waals surface area (Å²) in [6.07, 6.45) is -4.87. The number of carbonyl (C=O) groups excluding carboxylic acids is 1. The van der Waals surface area contributed by atoms with Crippen molar-refractivity contribution in [2.75, 3.05) is 31.6 Å². The van der Waals surface area contributed by atoms with Crippen LogP contribution in [-0.2, 0) is 0 Å². The molecule has 6 nitrogen and oxygen atoms in total. The molecule has 2 rings (SSSR count). The van der Waals surface area contributed by atoms with Crippen molar-refractivity contribution < 1.29 is 22.7 Å². The topological polar surface area (TPSA) is 58.6 Å². The molecule has 0 spiro atoms. The number of likely N-dealkylation sites (N-methyl/N-ethyl adjacent to an activating group) is 2. The first-order chi connectivity index (χ1) is 13.1. The summed E-state index contributed by atoms with van der Waals surface area (Å²) in [6, 6.07) is 7.20. The van der Waals surface area contributed by atoms with Gasteiger partial charge in [0.2, 0.25) is 5.95 Å². The maximum Gasteiger partial charge on any atom is 0.573 e. The lowest BCUT2D eigenvalue weighted by Crippen LogP contribution is -2.38. The first-order valence-electron chi connectivity index (χ1n) is 8.78. The lowest BCUT2D eigenvalue weighted by atomic mass is 10.1. The molecule has 0 bridgehead atoms. The maximum atomic E-state index is 12.8. The van der Waals surface area contributed by atoms with E-state index in [0.29, 0.717) is 25.6 Å². The SMILES string of the molecule is CCN(CCN(C)c1nc(C)cc(C)n1)C(=O)c1ccccc1OC(F)(F)F. The quantitative estimate of drug-likeness (QED) is 0.716. The van der Waals surface area contributed by atoms with E-state index >= 15 is 0 Å². The van der Waals surface area contributed by atoms with Crippen LogP contribution in [0.2, 0.25) is 0 Å². The van der Waals surface area contributed by atoms with Crippen molar-refractivity contribution in [3.05, 3.63) is 47.3 Å². The van der Waals surface area contributed by atoms with Crippen LogP contribution in [0.4, 0.5) is 19.1 Å². The molecule has 9 heteroatoms. The fourth-order valence-corrected chi connectivity index (χ4v) is 2.68. The maximum absolute atomic E-state index is 12.8. The summed E-state index contributed by atoms with van der Waals surface area (Å²) in [6.45, 7) is 6.55. The number of hydrogen-bond acceptors (Lipinski definition) is 5. The van der Waals surface area contributed by atoms with Crippen LogP contribution in [0, 0.1) is 13.8 Å². The second-order valence-electron chi connectivity index (χ2n) is 6.30. The average Bonchev–Trinajstić information content (AvgIpc) is 2.60. The predicted octanol–water partition coefficient (Wildman–Crippen LogP) is 3.59. The van der Waals surface area contributed by atoms with Crippen molar-refractivity contribution in [1.82, 2.24) is 14.9 Å². The minimum atomic E-state index is -4.87. The summed E-state index contributed by atoms with van der Waals surface area (Å²) in [5.41, 5.74) is 1.53. The molecule has 2 aromatic rings. The summed E-state index contributed by atoms with van der Waals surface area (Å²) in [5, 5.41) is 0. The Morgan fingerprint density at radius 1 is 1.11 bits per heavy atom. The standard InChI is InChI=1S/C19H23F3N4O2/c1-5-26(11-10-25(4)18-23-13(2)12-14(3)24-18)17(27)15-8-6-7-9-16(15)28-19(20,21)22/h6-9,12H,5,10-11H2,1-4H3. The third-order valence-corrected chi connectivity index (χ3v) is 4.03. The van der Waals surface area contributed by atoms with E-state index in [2.05, 4.69) is 14.7 Å². The van der Waals surface area contributed by atoms with Crippen LogP contribution in [0.25, 0.3) is 0 Å². The van der Waals surface area contributed by atoms with Gasteiger partial charge in [0.1, 0.15) is 5.75 Å². The number of halogens is 3. The summed E-state index contributed by atoms with van der Waals surface area (Å²) in [7, 11) is 1.80. The Morgan fingerprint density at radius 3 is 2.29 bits per heavy atom. The Labute approximate surface area is 162 Å². The summed E-state index contributed by atoms with van der Waals surface area (Å²) in [5.74, 6) is -0.511. The number of alkyl halides is 3. The fourth-order valence-electron chi connectivity index (χ4n) is 2.68. The van der Waals surface area contributed by atoms with E-state index in [4.69, 9.17) is 0 Å². The molecular formula is C19H23F3N4O2. The van der Waals surface area contributed by atoms with Crippen LogP contribution in [0.5, 0.6) is 5.75 Å². The number of aromatic nitrogens is 2. The summed E-state index contributed by atoms with van der Waals surface area (Å²) >= 11 is 0. The molecule has 0 unspecified atom stereocenters. The van der Waals surface area contributed by atoms with Crippen LogP contribution in [0.3, 0.4) is 0 Å². The third kappa shape index (κ3) is 5.83. The van der Waals surface area contributed by atoms with Gasteiger partial charge in [-0.15, -0.1) is 13.2 Å². The van der Waals surface area contributed by atoms with E-state index in [9.17, 15) is 18.0 Å². The normalized spacial score (nSPS) is 11.2. The number of rotatable bonds is 7. The fraction of sp³-hybridized carbons (Fsp3) is 0.421. The lowest BCUT2D eigenvalue weighted by Gasteiger charge is -2.25. The molecule has 0 saturated heterocycles. The van der Waals surface area contributed by atoms with E-state index in [1.807, 2.05) is 19.9 Å². The second kappa shape index (κ2) is 8.90. The zero-order valence-electron chi connectivity index (χ0n) is 16.2. The van der Waals surface area contributed by atoms with Gasteiger partial charge in [0.05, 0.1) is 5.56 Å². The number of benzene rings is 1. The predicted molar refractivity (Wildman–Crippen MR) is 99.5 cm³/mol. The molecular weight excluding hydrogens is 373 g/mol. The second-order valence-corrected chi connectivity index (χ2v) is 6.30. The van der Waals surface area contributed by atoms with Crippen LogP contribution < -0.4 is 9.64 Å². The Morgan fingerprint density at radius 2 is 1.71 bits per heavy atom. The molecule has 0 aliphatic carbocycles. The van der Waals surface area contributed by atoms with Crippen LogP contribution in [-0.4, -0.2) is 53.8 Å². The van der Waals surface area contributed by atoms with E-state index in [-0.39, 0.29) is 5.56 Å². The van der Waals surface area contributed by atoms with Crippen LogP contribution in [0.1, 0.15) is 28.7 Å². The van der Waals surface area contributed by atoms with Gasteiger partial charge in [-0.25, -0.2) is 9.97 Å². The highest BCUT2D eigenvalue weighted by atomic mass is 19.4. The molecule has 1 heterocycles. The van der Waals surface area contributed by atoms with Gasteiger partial charge in [-0.3, -0.25) is 4.79 Å². The first-order valence-corrected chi connectivity index (χ1v) is 8.78. The zero-order chi connectivity index (χ0) is 20.9. The van der Waals surface area contributed by atoms with Gasteiger partial charge in [-0.05, 0) is 39.0 Å². The molecule has 1 aromatic heterocycles. The summed E-state index contributed by atoms with van der Waals surface area (Å²) < 4.78 is 41.8. The average molecular weight is 396 g/mol. The molecule has 0 saturated carbocycles. The molecule has 0 aliphatic rings. The number of para-hydroxylation sites is 1. The monoisotopic (exact) mass is 396 g/mol. The summed E-state index contributed by atoms with van der Waals surface area (Å²) in [4.78, 5) is 24.7. The van der Waals surface area contributed by atoms with Crippen molar-refractivity contribution in [1.29, 1.82) is 0 Å². The minimum Gasteiger partial charge on any atom is -0.405 e. The van der Waals surface area contributed by atoms with Gasteiger partial charge < -0.3 is 14.5 Å². The van der Waals surface area contributed by atoms with E-state index in [1.165, 1.54) is 23.1 Å². The molecule has 0 aliphatic heterocycles. The van der Waals surface area contributed by atoms with Gasteiger partial charge in [0.15, 0.2) is 0 Å². The molecule has 0 N–H and O–H groups in total. The molecule has 0 atom stereocenters. The highest BCUT2D eigenvalue weighted by Crippen LogP contribution is 2.27. The molecule has 0 radical (unpaired) electrons. The van der Waals surface area contributed by atoms with E-state index in [1.54, 1.807) is 18.9 Å². The molecule has 0 fully saturated rings. The van der Waals surface area contributed by atoms with Crippen molar-refractivity contribution in [2.24, 2.45) is 0 Å². The number of ether oxygens (including phenoxy) is 1. The number of carbonyl (C=O) groups is 1. The highest BCUT2D eigenvalue weighted by molar-refractivity contribution is 5.97. The number of aryl methyl sites for hydroxylation is 2. The Bertz CT molecular complexity index is 807. The zero-order valence-corrected chi connectivity index (χ0v) is 16.2. The Hall–Kier alpha value is -2.84. The van der Waals surface area contributed by atoms with Crippen LogP contribution >= 0.6 is 0 Å². The van der Waals surface area contributed by atoms with Crippen molar-refractivity contribution in [3.8, 4) is 5.75 Å². The molecule has 28 heavy (non-hydrogen) atoms. The number of amides is 1. The first kappa shape index (κ1) is 21.5. The van der Waals surface area contributed by atoms with Crippen molar-refractivity contribution in [3.63, 3.8) is 0 Å². The van der Waals surface area contributed by atoms with E-state index in [0.717, 1.165) is 17.5 Å². The largest absolute Gasteiger partial charge is 0.573 e. The van der Waals surface area contributed by atoms with Gasteiger partial charge in [0, 0.05) is 38.1 Å². The molecule has 1 amide bonds. The smallest absolute Gasteiger partial charge is 0.405 e. The lowest BCUT2D eigenvalue weighted by molar-refractivity contribution is -0.274.